The Balaban J connectivity index is 2.06. The molecule has 0 saturated heterocycles. The van der Waals surface area contributed by atoms with E-state index in [1.54, 1.807) is 6.92 Å². The molecule has 13 heteroatoms. The Morgan fingerprint density at radius 2 is 1.97 bits per heavy atom. The Bertz CT molecular complexity index is 1030. The molecule has 0 radical (unpaired) electrons. The van der Waals surface area contributed by atoms with Gasteiger partial charge in [-0.1, -0.05) is 22.7 Å². The minimum Gasteiger partial charge on any atom is -0.464 e. The molecule has 1 aliphatic rings. The standard InChI is InChI=1S/C16H18F2N4O6S/c1-2-27-14-19-21(15(23)20(14)11-7-6-8-11)16(24)22(28-13(17)18)29(25,26)12-9-4-3-5-10-12/h3-5,9-11,13H,2,6-8H2,1H3. The van der Waals surface area contributed by atoms with Gasteiger partial charge in [0.1, 0.15) is 0 Å². The van der Waals surface area contributed by atoms with Crippen LogP contribution in [-0.2, 0) is 14.9 Å². The second-order valence-electron chi connectivity index (χ2n) is 6.06. The number of hydroxylamine groups is 1. The number of carbonyl (C=O) groups is 1. The quantitative estimate of drug-likeness (QED) is 0.615. The molecular formula is C16H18F2N4O6S. The third kappa shape index (κ3) is 4.00. The Kier molecular flexibility index (Phi) is 5.98. The highest BCUT2D eigenvalue weighted by atomic mass is 32.2. The van der Waals surface area contributed by atoms with Gasteiger partial charge in [0.25, 0.3) is 10.0 Å². The fourth-order valence-corrected chi connectivity index (χ4v) is 3.87. The largest absolute Gasteiger partial charge is 0.464 e. The molecule has 0 bridgehead atoms. The van der Waals surface area contributed by atoms with Crippen molar-refractivity contribution in [2.45, 2.75) is 43.7 Å². The van der Waals surface area contributed by atoms with Gasteiger partial charge in [0, 0.05) is 6.04 Å². The fourth-order valence-electron chi connectivity index (χ4n) is 2.71. The van der Waals surface area contributed by atoms with Crippen LogP contribution in [0.1, 0.15) is 32.2 Å². The molecule has 1 aromatic heterocycles. The fraction of sp³-hybridized carbons (Fsp3) is 0.438. The van der Waals surface area contributed by atoms with Gasteiger partial charge in [-0.15, -0.1) is 9.78 Å². The summed E-state index contributed by atoms with van der Waals surface area (Å²) in [5, 5.41) is 3.70. The molecule has 0 atom stereocenters. The van der Waals surface area contributed by atoms with Gasteiger partial charge >= 0.3 is 24.3 Å². The maximum absolute atomic E-state index is 12.9. The van der Waals surface area contributed by atoms with E-state index in [2.05, 4.69) is 9.94 Å². The van der Waals surface area contributed by atoms with Crippen LogP contribution >= 0.6 is 0 Å². The Morgan fingerprint density at radius 3 is 2.48 bits per heavy atom. The van der Waals surface area contributed by atoms with Crippen molar-refractivity contribution < 1.29 is 31.6 Å². The summed E-state index contributed by atoms with van der Waals surface area (Å²) in [4.78, 5) is 28.9. The first-order valence-electron chi connectivity index (χ1n) is 8.71. The van der Waals surface area contributed by atoms with Crippen LogP contribution in [0.25, 0.3) is 0 Å². The number of halogens is 2. The molecule has 1 fully saturated rings. The van der Waals surface area contributed by atoms with Crippen LogP contribution in [0.5, 0.6) is 6.01 Å². The first-order chi connectivity index (χ1) is 13.8. The lowest BCUT2D eigenvalue weighted by atomic mass is 9.93. The van der Waals surface area contributed by atoms with E-state index in [9.17, 15) is 26.8 Å². The average Bonchev–Trinajstić information content (AvgIpc) is 2.95. The lowest BCUT2D eigenvalue weighted by Crippen LogP contribution is -2.45. The number of amides is 1. The van der Waals surface area contributed by atoms with Crippen molar-refractivity contribution >= 4 is 16.1 Å². The van der Waals surface area contributed by atoms with Gasteiger partial charge in [0.2, 0.25) is 0 Å². The van der Waals surface area contributed by atoms with Crippen LogP contribution in [0, 0.1) is 0 Å². The van der Waals surface area contributed by atoms with Crippen molar-refractivity contribution in [2.24, 2.45) is 0 Å². The van der Waals surface area contributed by atoms with Gasteiger partial charge in [-0.25, -0.2) is 14.2 Å². The lowest BCUT2D eigenvalue weighted by molar-refractivity contribution is -0.218. The maximum Gasteiger partial charge on any atom is 0.388 e. The molecule has 3 rings (SSSR count). The van der Waals surface area contributed by atoms with E-state index in [-0.39, 0.29) is 23.3 Å². The molecule has 10 nitrogen and oxygen atoms in total. The molecule has 1 amide bonds. The lowest BCUT2D eigenvalue weighted by Gasteiger charge is -2.26. The molecule has 158 valence electrons. The van der Waals surface area contributed by atoms with Gasteiger partial charge in [0.05, 0.1) is 11.5 Å². The highest BCUT2D eigenvalue weighted by Crippen LogP contribution is 2.32. The normalized spacial score (nSPS) is 14.6. The molecular weight excluding hydrogens is 414 g/mol. The number of sulfonamides is 1. The van der Waals surface area contributed by atoms with E-state index in [0.29, 0.717) is 12.8 Å². The molecule has 0 unspecified atom stereocenters. The summed E-state index contributed by atoms with van der Waals surface area (Å²) in [6.07, 6.45) is 2.13. The molecule has 1 heterocycles. The summed E-state index contributed by atoms with van der Waals surface area (Å²) in [6.45, 7) is -1.90. The van der Waals surface area contributed by atoms with E-state index in [1.165, 1.54) is 18.2 Å². The minimum atomic E-state index is -4.86. The predicted octanol–water partition coefficient (Wildman–Crippen LogP) is 1.98. The molecule has 1 aliphatic carbocycles. The van der Waals surface area contributed by atoms with Crippen LogP contribution in [0.15, 0.2) is 40.0 Å². The van der Waals surface area contributed by atoms with Gasteiger partial charge in [-0.05, 0) is 38.3 Å². The number of hydrogen-bond donors (Lipinski definition) is 0. The summed E-state index contributed by atoms with van der Waals surface area (Å²) in [7, 11) is -4.86. The molecule has 1 saturated carbocycles. The van der Waals surface area contributed by atoms with Crippen molar-refractivity contribution in [3.8, 4) is 6.01 Å². The third-order valence-electron chi connectivity index (χ3n) is 4.26. The molecule has 0 spiro atoms. The molecule has 2 aromatic rings. The number of hydrogen-bond acceptors (Lipinski definition) is 7. The third-order valence-corrected chi connectivity index (χ3v) is 5.81. The van der Waals surface area contributed by atoms with Crippen LogP contribution in [-0.4, -0.2) is 46.5 Å². The minimum absolute atomic E-state index is 0.122. The van der Waals surface area contributed by atoms with Crippen LogP contribution < -0.4 is 10.4 Å². The SMILES string of the molecule is CCOc1nn(C(=O)N(OC(F)F)S(=O)(=O)c2ccccc2)c(=O)n1C1CCC1. The Morgan fingerprint density at radius 1 is 1.31 bits per heavy atom. The van der Waals surface area contributed by atoms with Crippen molar-refractivity contribution in [1.82, 2.24) is 18.8 Å². The molecule has 29 heavy (non-hydrogen) atoms. The summed E-state index contributed by atoms with van der Waals surface area (Å²) < 4.78 is 57.1. The summed E-state index contributed by atoms with van der Waals surface area (Å²) in [5.74, 6) is 0. The van der Waals surface area contributed by atoms with E-state index in [0.717, 1.165) is 23.1 Å². The van der Waals surface area contributed by atoms with Gasteiger partial charge in [0.15, 0.2) is 0 Å². The number of aromatic nitrogens is 3. The monoisotopic (exact) mass is 432 g/mol. The highest BCUT2D eigenvalue weighted by Gasteiger charge is 2.38. The smallest absolute Gasteiger partial charge is 0.388 e. The number of rotatable bonds is 7. The van der Waals surface area contributed by atoms with Gasteiger partial charge in [-0.2, -0.15) is 22.0 Å². The Hall–Kier alpha value is -2.80. The zero-order valence-electron chi connectivity index (χ0n) is 15.3. The van der Waals surface area contributed by atoms with Crippen molar-refractivity contribution in [3.05, 3.63) is 40.8 Å². The van der Waals surface area contributed by atoms with E-state index >= 15 is 0 Å². The second kappa shape index (κ2) is 8.29. The van der Waals surface area contributed by atoms with Crippen LogP contribution in [0.3, 0.4) is 0 Å². The van der Waals surface area contributed by atoms with Crippen molar-refractivity contribution in [2.75, 3.05) is 6.61 Å². The number of alkyl halides is 2. The molecule has 0 aliphatic heterocycles. The van der Waals surface area contributed by atoms with E-state index < -0.39 is 37.7 Å². The van der Waals surface area contributed by atoms with Gasteiger partial charge < -0.3 is 4.74 Å². The molecule has 0 N–H and O–H groups in total. The topological polar surface area (TPSA) is 113 Å². The van der Waals surface area contributed by atoms with Gasteiger partial charge in [-0.3, -0.25) is 0 Å². The maximum atomic E-state index is 12.9. The van der Waals surface area contributed by atoms with E-state index in [1.807, 2.05) is 0 Å². The second-order valence-corrected chi connectivity index (χ2v) is 7.81. The molecule has 1 aromatic carbocycles. The Labute approximate surface area is 164 Å². The first-order valence-corrected chi connectivity index (χ1v) is 10.1. The van der Waals surface area contributed by atoms with E-state index in [4.69, 9.17) is 4.74 Å². The van der Waals surface area contributed by atoms with Crippen LogP contribution in [0.4, 0.5) is 13.6 Å². The first kappa shape index (κ1) is 20.9. The zero-order chi connectivity index (χ0) is 21.2. The zero-order valence-corrected chi connectivity index (χ0v) is 16.1. The highest BCUT2D eigenvalue weighted by molar-refractivity contribution is 7.89. The predicted molar refractivity (Wildman–Crippen MR) is 93.9 cm³/mol. The van der Waals surface area contributed by atoms with Crippen molar-refractivity contribution in [1.29, 1.82) is 0 Å². The summed E-state index contributed by atoms with van der Waals surface area (Å²) >= 11 is 0. The van der Waals surface area contributed by atoms with Crippen LogP contribution in [0.2, 0.25) is 0 Å². The average molecular weight is 432 g/mol. The number of benzene rings is 1. The number of nitrogens with zero attached hydrogens (tertiary/aromatic N) is 4. The summed E-state index contributed by atoms with van der Waals surface area (Å²) in [5.41, 5.74) is -1.01. The summed E-state index contributed by atoms with van der Waals surface area (Å²) in [6, 6.07) is 4.16. The van der Waals surface area contributed by atoms with Crippen molar-refractivity contribution in [3.63, 3.8) is 0 Å². The number of ether oxygens (including phenoxy) is 1. The number of carbonyl (C=O) groups excluding carboxylic acids is 1.